The first kappa shape index (κ1) is 41.9. The Bertz CT molecular complexity index is 2500. The maximum Gasteiger partial charge on any atom is 0.314 e. The molecule has 0 fully saturated rings. The van der Waals surface area contributed by atoms with Crippen molar-refractivity contribution in [3.05, 3.63) is 81.7 Å². The maximum absolute atomic E-state index is 13.7. The molecule has 304 valence electrons. The van der Waals surface area contributed by atoms with Gasteiger partial charge in [-0.2, -0.15) is 17.6 Å². The van der Waals surface area contributed by atoms with Gasteiger partial charge < -0.3 is 13.6 Å². The Morgan fingerprint density at radius 2 is 1.33 bits per heavy atom. The van der Waals surface area contributed by atoms with Crippen LogP contribution in [0.5, 0.6) is 0 Å². The number of ether oxygens (including phenoxy) is 1. The van der Waals surface area contributed by atoms with E-state index in [0.717, 1.165) is 31.3 Å². The molecule has 57 heavy (non-hydrogen) atoms. The zero-order chi connectivity index (χ0) is 40.9. The van der Waals surface area contributed by atoms with Crippen LogP contribution in [-0.4, -0.2) is 75.3 Å². The van der Waals surface area contributed by atoms with E-state index in [4.69, 9.17) is 25.2 Å². The summed E-state index contributed by atoms with van der Waals surface area (Å²) in [7, 11) is -8.02. The summed E-state index contributed by atoms with van der Waals surface area (Å²) >= 11 is 8.07. The Morgan fingerprint density at radius 3 is 1.82 bits per heavy atom. The molecule has 0 saturated carbocycles. The van der Waals surface area contributed by atoms with Gasteiger partial charge in [0, 0.05) is 6.20 Å². The van der Waals surface area contributed by atoms with Crippen LogP contribution < -0.4 is 8.61 Å². The number of sulfonamides is 2. The molecule has 0 spiro atoms. The first-order valence-corrected chi connectivity index (χ1v) is 21.6. The molecule has 17 nitrogen and oxygen atoms in total. The third-order valence-electron chi connectivity index (χ3n) is 7.37. The Hall–Kier alpha value is -4.69. The molecule has 26 heteroatoms. The average Bonchev–Trinajstić information content (AvgIpc) is 3.98. The van der Waals surface area contributed by atoms with Gasteiger partial charge >= 0.3 is 12.9 Å². The SMILES string of the molecule is CC(C)CS(=O)(=O)N(Cc1ncc(-c2nnc(C(F)F)o2)s1)c1ccc(COCCS(=O)(=O)N(Cc2ncc(-c3nnc(C(F)F)o3)s2)c2cncc(Cl)c2)nc1. The fraction of sp³-hybridized carbons (Fsp3) is 0.355. The summed E-state index contributed by atoms with van der Waals surface area (Å²) < 4.78 is 124. The molecule has 0 aliphatic carbocycles. The van der Waals surface area contributed by atoms with E-state index in [9.17, 15) is 34.4 Å². The molecule has 6 aromatic heterocycles. The van der Waals surface area contributed by atoms with E-state index in [1.165, 1.54) is 49.2 Å². The number of halogens is 5. The molecule has 0 aromatic carbocycles. The molecule has 0 N–H and O–H groups in total. The van der Waals surface area contributed by atoms with Crippen LogP contribution in [-0.2, 0) is 44.5 Å². The molecule has 0 radical (unpaired) electrons. The third kappa shape index (κ3) is 10.6. The lowest BCUT2D eigenvalue weighted by atomic mass is 10.3. The Morgan fingerprint density at radius 1 is 0.754 bits per heavy atom. The van der Waals surface area contributed by atoms with Crippen LogP contribution in [0.15, 0.2) is 58.0 Å². The van der Waals surface area contributed by atoms with E-state index in [-0.39, 0.29) is 80.9 Å². The first-order chi connectivity index (χ1) is 27.1. The Kier molecular flexibility index (Phi) is 13.1. The van der Waals surface area contributed by atoms with E-state index in [1.807, 2.05) is 0 Å². The van der Waals surface area contributed by atoms with Gasteiger partial charge in [0.25, 0.3) is 23.6 Å². The van der Waals surface area contributed by atoms with Crippen molar-refractivity contribution in [2.45, 2.75) is 46.4 Å². The number of rotatable bonds is 19. The predicted octanol–water partition coefficient (Wildman–Crippen LogP) is 6.56. The van der Waals surface area contributed by atoms with Gasteiger partial charge in [-0.3, -0.25) is 18.6 Å². The lowest BCUT2D eigenvalue weighted by Gasteiger charge is -2.24. The number of thiazole rings is 2. The zero-order valence-electron chi connectivity index (χ0n) is 29.4. The summed E-state index contributed by atoms with van der Waals surface area (Å²) in [5.74, 6) is -3.01. The number of aromatic nitrogens is 8. The second-order valence-corrected chi connectivity index (χ2v) is 18.8. The van der Waals surface area contributed by atoms with E-state index in [1.54, 1.807) is 13.8 Å². The number of pyridine rings is 2. The van der Waals surface area contributed by atoms with Crippen LogP contribution in [0, 0.1) is 5.92 Å². The molecule has 0 amide bonds. The zero-order valence-corrected chi connectivity index (χ0v) is 33.5. The van der Waals surface area contributed by atoms with Gasteiger partial charge in [0.05, 0.1) is 84.7 Å². The number of alkyl halides is 4. The summed E-state index contributed by atoms with van der Waals surface area (Å²) in [6, 6.07) is 4.44. The van der Waals surface area contributed by atoms with Gasteiger partial charge in [-0.15, -0.1) is 43.1 Å². The van der Waals surface area contributed by atoms with Crippen molar-refractivity contribution in [3.8, 4) is 21.5 Å². The number of hydrogen-bond acceptors (Lipinski definition) is 17. The topological polar surface area (TPSA) is 213 Å². The molecule has 0 atom stereocenters. The Labute approximate surface area is 334 Å². The van der Waals surface area contributed by atoms with Crippen molar-refractivity contribution in [1.29, 1.82) is 0 Å². The minimum atomic E-state index is -4.12. The van der Waals surface area contributed by atoms with Crippen molar-refractivity contribution in [1.82, 2.24) is 40.3 Å². The highest BCUT2D eigenvalue weighted by Crippen LogP contribution is 2.32. The normalized spacial score (nSPS) is 12.3. The molecule has 0 unspecified atom stereocenters. The van der Waals surface area contributed by atoms with Crippen molar-refractivity contribution in [3.63, 3.8) is 0 Å². The first-order valence-electron chi connectivity index (χ1n) is 16.3. The van der Waals surface area contributed by atoms with Gasteiger partial charge in [-0.05, 0) is 24.1 Å². The highest BCUT2D eigenvalue weighted by atomic mass is 35.5. The summed E-state index contributed by atoms with van der Waals surface area (Å²) in [5, 5.41) is 14.6. The summed E-state index contributed by atoms with van der Waals surface area (Å²) in [5.41, 5.74) is 0.708. The van der Waals surface area contributed by atoms with Crippen LogP contribution in [0.1, 0.15) is 54.2 Å². The second-order valence-electron chi connectivity index (χ2n) is 12.2. The Balaban J connectivity index is 1.11. The minimum absolute atomic E-state index is 0.130. The lowest BCUT2D eigenvalue weighted by molar-refractivity contribution is 0.115. The molecule has 0 saturated heterocycles. The second kappa shape index (κ2) is 17.8. The number of nitrogens with zero attached hydrogens (tertiary/aromatic N) is 10. The third-order valence-corrected chi connectivity index (χ3v) is 13.3. The van der Waals surface area contributed by atoms with Crippen molar-refractivity contribution in [2.75, 3.05) is 26.7 Å². The van der Waals surface area contributed by atoms with Crippen LogP contribution in [0.25, 0.3) is 21.5 Å². The fourth-order valence-corrected chi connectivity index (χ4v) is 9.95. The molecular weight excluding hydrogens is 864 g/mol. The monoisotopic (exact) mass is 892 g/mol. The molecule has 6 heterocycles. The van der Waals surface area contributed by atoms with Gasteiger partial charge in [0.2, 0.25) is 20.0 Å². The molecule has 0 aliphatic rings. The van der Waals surface area contributed by atoms with Gasteiger partial charge in [0.15, 0.2) is 0 Å². The van der Waals surface area contributed by atoms with Crippen LogP contribution in [0.4, 0.5) is 28.9 Å². The number of hydrogen-bond donors (Lipinski definition) is 0. The quantitative estimate of drug-likeness (QED) is 0.0622. The highest BCUT2D eigenvalue weighted by molar-refractivity contribution is 7.93. The largest absolute Gasteiger partial charge is 0.414 e. The van der Waals surface area contributed by atoms with E-state index < -0.39 is 50.4 Å². The van der Waals surface area contributed by atoms with E-state index >= 15 is 0 Å². The summed E-state index contributed by atoms with van der Waals surface area (Å²) in [4.78, 5) is 17.3. The van der Waals surface area contributed by atoms with Crippen LogP contribution >= 0.6 is 34.3 Å². The summed E-state index contributed by atoms with van der Waals surface area (Å²) in [6.45, 7) is 2.61. The smallest absolute Gasteiger partial charge is 0.314 e. The molecule has 0 aliphatic heterocycles. The van der Waals surface area contributed by atoms with Crippen LogP contribution in [0.3, 0.4) is 0 Å². The average molecular weight is 893 g/mol. The van der Waals surface area contributed by atoms with E-state index in [0.29, 0.717) is 10.7 Å². The van der Waals surface area contributed by atoms with Gasteiger partial charge in [-0.25, -0.2) is 26.8 Å². The van der Waals surface area contributed by atoms with Crippen molar-refractivity contribution < 1.29 is 48.0 Å². The minimum Gasteiger partial charge on any atom is -0.414 e. The van der Waals surface area contributed by atoms with Gasteiger partial charge in [0.1, 0.15) is 19.8 Å². The predicted molar refractivity (Wildman–Crippen MR) is 199 cm³/mol. The van der Waals surface area contributed by atoms with E-state index in [2.05, 4.69) is 40.3 Å². The molecule has 6 aromatic rings. The fourth-order valence-electron chi connectivity index (χ4n) is 4.90. The molecule has 0 bridgehead atoms. The van der Waals surface area contributed by atoms with Gasteiger partial charge in [-0.1, -0.05) is 25.4 Å². The lowest BCUT2D eigenvalue weighted by Crippen LogP contribution is -2.34. The molecular formula is C31H29ClF4N10O7S4. The number of anilines is 2. The molecule has 6 rings (SSSR count). The standard InChI is InChI=1S/C31H29ClF4N10O7S4/c1-17(2)16-57(49,50)45(13-24-39-11-22(54-24)28-41-43-30(52-28)26(33)34)20-4-3-19(38-10-20)15-51-5-6-56(47,48)46(21-7-18(32)8-37-9-21)14-25-40-12-23(55-25)29-42-44-31(53-29)27(35)36/h3-4,7-12,17,26-27H,5-6,13-16H2,1-2H3. The maximum atomic E-state index is 13.7. The van der Waals surface area contributed by atoms with Crippen LogP contribution in [0.2, 0.25) is 5.02 Å². The van der Waals surface area contributed by atoms with Crippen molar-refractivity contribution >= 4 is 65.7 Å². The highest BCUT2D eigenvalue weighted by Gasteiger charge is 2.28. The van der Waals surface area contributed by atoms with Crippen molar-refractivity contribution in [2.24, 2.45) is 5.92 Å². The summed E-state index contributed by atoms with van der Waals surface area (Å²) in [6.07, 6.45) is 0.654.